The fraction of sp³-hybridized carbons (Fsp3) is 0.474. The van der Waals surface area contributed by atoms with Crippen LogP contribution in [0.5, 0.6) is 0 Å². The van der Waals surface area contributed by atoms with Crippen LogP contribution in [0.25, 0.3) is 10.9 Å². The van der Waals surface area contributed by atoms with Gasteiger partial charge in [-0.25, -0.2) is 9.97 Å². The highest BCUT2D eigenvalue weighted by atomic mass is 16.2. The van der Waals surface area contributed by atoms with Crippen molar-refractivity contribution in [2.45, 2.75) is 39.7 Å². The molecule has 0 spiro atoms. The van der Waals surface area contributed by atoms with Gasteiger partial charge in [-0.05, 0) is 25.3 Å². The summed E-state index contributed by atoms with van der Waals surface area (Å²) in [5, 5.41) is 1.04. The summed E-state index contributed by atoms with van der Waals surface area (Å²) >= 11 is 0. The van der Waals surface area contributed by atoms with E-state index in [4.69, 9.17) is 0 Å². The molecule has 0 unspecified atom stereocenters. The predicted octanol–water partition coefficient (Wildman–Crippen LogP) is 2.90. The number of rotatable bonds is 3. The highest BCUT2D eigenvalue weighted by Crippen LogP contribution is 2.29. The van der Waals surface area contributed by atoms with E-state index in [0.29, 0.717) is 31.6 Å². The summed E-state index contributed by atoms with van der Waals surface area (Å²) in [4.78, 5) is 35.1. The number of fused-ring (bicyclic) bond motifs is 1. The molecule has 1 aliphatic rings. The SMILES string of the molecule is Cc1nc(CN(C)C(=O)[C@@H]2CCC(=O)C[C@H]2C)nc2ccccc12. The maximum atomic E-state index is 12.7. The van der Waals surface area contributed by atoms with Crippen molar-refractivity contribution >= 4 is 22.6 Å². The quantitative estimate of drug-likeness (QED) is 0.870. The maximum absolute atomic E-state index is 12.7. The molecule has 0 radical (unpaired) electrons. The van der Waals surface area contributed by atoms with Gasteiger partial charge in [-0.2, -0.15) is 0 Å². The van der Waals surface area contributed by atoms with Crippen LogP contribution in [-0.4, -0.2) is 33.6 Å². The first-order chi connectivity index (χ1) is 11.5. The summed E-state index contributed by atoms with van der Waals surface area (Å²) in [6, 6.07) is 7.89. The monoisotopic (exact) mass is 325 g/mol. The van der Waals surface area contributed by atoms with Gasteiger partial charge in [0.1, 0.15) is 11.6 Å². The summed E-state index contributed by atoms with van der Waals surface area (Å²) in [7, 11) is 1.79. The Morgan fingerprint density at radius 1 is 1.29 bits per heavy atom. The van der Waals surface area contributed by atoms with Crippen molar-refractivity contribution in [3.63, 3.8) is 0 Å². The highest BCUT2D eigenvalue weighted by molar-refractivity contribution is 5.85. The first-order valence-corrected chi connectivity index (χ1v) is 8.44. The van der Waals surface area contributed by atoms with E-state index in [0.717, 1.165) is 16.6 Å². The molecule has 1 aromatic heterocycles. The maximum Gasteiger partial charge on any atom is 0.226 e. The van der Waals surface area contributed by atoms with Gasteiger partial charge in [0.2, 0.25) is 5.91 Å². The third-order valence-electron chi connectivity index (χ3n) is 4.88. The molecule has 1 heterocycles. The minimum absolute atomic E-state index is 0.0748. The number of aryl methyl sites for hydroxylation is 1. The van der Waals surface area contributed by atoms with Gasteiger partial charge in [-0.15, -0.1) is 0 Å². The summed E-state index contributed by atoms with van der Waals surface area (Å²) in [6.45, 7) is 4.34. The Morgan fingerprint density at radius 3 is 2.79 bits per heavy atom. The molecule has 0 N–H and O–H groups in total. The lowest BCUT2D eigenvalue weighted by Gasteiger charge is -2.30. The van der Waals surface area contributed by atoms with Crippen LogP contribution in [0.4, 0.5) is 0 Å². The second-order valence-electron chi connectivity index (χ2n) is 6.80. The number of amides is 1. The average molecular weight is 325 g/mol. The summed E-state index contributed by atoms with van der Waals surface area (Å²) < 4.78 is 0. The zero-order valence-electron chi connectivity index (χ0n) is 14.5. The topological polar surface area (TPSA) is 63.2 Å². The molecular formula is C19H23N3O2. The molecule has 5 nitrogen and oxygen atoms in total. The molecule has 2 atom stereocenters. The van der Waals surface area contributed by atoms with Crippen LogP contribution >= 0.6 is 0 Å². The molecule has 1 amide bonds. The van der Waals surface area contributed by atoms with Crippen molar-refractivity contribution in [1.82, 2.24) is 14.9 Å². The average Bonchev–Trinajstić information content (AvgIpc) is 2.54. The second kappa shape index (κ2) is 6.67. The Hall–Kier alpha value is -2.30. The molecule has 1 fully saturated rings. The van der Waals surface area contributed by atoms with Crippen molar-refractivity contribution in [3.8, 4) is 0 Å². The standard InChI is InChI=1S/C19H23N3O2/c1-12-10-14(23)8-9-15(12)19(24)22(3)11-18-20-13(2)16-6-4-5-7-17(16)21-18/h4-7,12,15H,8-11H2,1-3H3/t12-,15-/m1/s1. The fourth-order valence-electron chi connectivity index (χ4n) is 3.51. The number of Topliss-reactive ketones (excluding diaryl/α,β-unsaturated/α-hetero) is 1. The Balaban J connectivity index is 1.75. The molecule has 5 heteroatoms. The third kappa shape index (κ3) is 3.30. The van der Waals surface area contributed by atoms with Gasteiger partial charge in [0.15, 0.2) is 0 Å². The number of ketones is 1. The lowest BCUT2D eigenvalue weighted by Crippen LogP contribution is -2.38. The van der Waals surface area contributed by atoms with Gasteiger partial charge in [0.05, 0.1) is 12.1 Å². The molecule has 1 saturated carbocycles. The largest absolute Gasteiger partial charge is 0.338 e. The number of benzene rings is 1. The molecule has 1 aromatic carbocycles. The molecule has 24 heavy (non-hydrogen) atoms. The number of nitrogens with zero attached hydrogens (tertiary/aromatic N) is 3. The zero-order valence-corrected chi connectivity index (χ0v) is 14.5. The van der Waals surface area contributed by atoms with Crippen LogP contribution in [0.15, 0.2) is 24.3 Å². The molecule has 3 rings (SSSR count). The van der Waals surface area contributed by atoms with Crippen LogP contribution in [0, 0.1) is 18.8 Å². The fourth-order valence-corrected chi connectivity index (χ4v) is 3.51. The van der Waals surface area contributed by atoms with Crippen molar-refractivity contribution in [2.75, 3.05) is 7.05 Å². The van der Waals surface area contributed by atoms with E-state index in [-0.39, 0.29) is 23.5 Å². The van der Waals surface area contributed by atoms with E-state index in [1.54, 1.807) is 11.9 Å². The Labute approximate surface area is 142 Å². The predicted molar refractivity (Wildman–Crippen MR) is 92.3 cm³/mol. The van der Waals surface area contributed by atoms with Gasteiger partial charge >= 0.3 is 0 Å². The Bertz CT molecular complexity index is 787. The van der Waals surface area contributed by atoms with E-state index in [1.165, 1.54) is 0 Å². The number of hydrogen-bond donors (Lipinski definition) is 0. The van der Waals surface area contributed by atoms with Gasteiger partial charge in [-0.3, -0.25) is 9.59 Å². The minimum atomic E-state index is -0.0748. The minimum Gasteiger partial charge on any atom is -0.338 e. The van der Waals surface area contributed by atoms with Crippen LogP contribution in [-0.2, 0) is 16.1 Å². The molecule has 0 saturated heterocycles. The van der Waals surface area contributed by atoms with Crippen molar-refractivity contribution < 1.29 is 9.59 Å². The molecule has 2 aromatic rings. The van der Waals surface area contributed by atoms with Gasteiger partial charge < -0.3 is 4.90 Å². The first kappa shape index (κ1) is 16.6. The molecule has 1 aliphatic carbocycles. The van der Waals surface area contributed by atoms with Crippen molar-refractivity contribution in [3.05, 3.63) is 35.8 Å². The van der Waals surface area contributed by atoms with Crippen LogP contribution < -0.4 is 0 Å². The normalized spacial score (nSPS) is 21.0. The second-order valence-corrected chi connectivity index (χ2v) is 6.80. The third-order valence-corrected chi connectivity index (χ3v) is 4.88. The smallest absolute Gasteiger partial charge is 0.226 e. The molecule has 0 bridgehead atoms. The summed E-state index contributed by atoms with van der Waals surface area (Å²) in [5.41, 5.74) is 1.82. The van der Waals surface area contributed by atoms with Crippen LogP contribution in [0.3, 0.4) is 0 Å². The number of hydrogen-bond acceptors (Lipinski definition) is 4. The van der Waals surface area contributed by atoms with Crippen LogP contribution in [0.2, 0.25) is 0 Å². The number of carbonyl (C=O) groups excluding carboxylic acids is 2. The Kier molecular flexibility index (Phi) is 4.60. The van der Waals surface area contributed by atoms with Crippen molar-refractivity contribution in [1.29, 1.82) is 0 Å². The van der Waals surface area contributed by atoms with Gasteiger partial charge in [-0.1, -0.05) is 25.1 Å². The van der Waals surface area contributed by atoms with E-state index in [1.807, 2.05) is 38.1 Å². The number of aromatic nitrogens is 2. The summed E-state index contributed by atoms with van der Waals surface area (Å²) in [6.07, 6.45) is 1.68. The lowest BCUT2D eigenvalue weighted by atomic mass is 9.79. The van der Waals surface area contributed by atoms with E-state index < -0.39 is 0 Å². The Morgan fingerprint density at radius 2 is 2.04 bits per heavy atom. The first-order valence-electron chi connectivity index (χ1n) is 8.44. The highest BCUT2D eigenvalue weighted by Gasteiger charge is 2.33. The summed E-state index contributed by atoms with van der Waals surface area (Å²) in [5.74, 6) is 1.04. The number of carbonyl (C=O) groups is 2. The molecule has 0 aliphatic heterocycles. The lowest BCUT2D eigenvalue weighted by molar-refractivity contribution is -0.139. The van der Waals surface area contributed by atoms with E-state index in [9.17, 15) is 9.59 Å². The van der Waals surface area contributed by atoms with Crippen LogP contribution in [0.1, 0.15) is 37.7 Å². The zero-order chi connectivity index (χ0) is 17.3. The van der Waals surface area contributed by atoms with E-state index in [2.05, 4.69) is 9.97 Å². The van der Waals surface area contributed by atoms with Gasteiger partial charge in [0, 0.05) is 36.9 Å². The number of para-hydroxylation sites is 1. The molecular weight excluding hydrogens is 302 g/mol. The van der Waals surface area contributed by atoms with Gasteiger partial charge in [0.25, 0.3) is 0 Å². The van der Waals surface area contributed by atoms with Crippen molar-refractivity contribution in [2.24, 2.45) is 11.8 Å². The molecule has 126 valence electrons. The van der Waals surface area contributed by atoms with E-state index >= 15 is 0 Å².